The third-order valence-corrected chi connectivity index (χ3v) is 5.60. The Labute approximate surface area is 144 Å². The standard InChI is InChI=1S/C20H27NO3/c1-15(2)17-14-20(11-13-24-17,16-6-4-3-5-7-16)10-12-21-18(22)8-9-19(21)23/h3-7,15,17H,8-14H2,1-2H3/t17-,20+/m1/s1. The van der Waals surface area contributed by atoms with Gasteiger partial charge in [0.1, 0.15) is 0 Å². The first-order valence-electron chi connectivity index (χ1n) is 9.02. The van der Waals surface area contributed by atoms with E-state index in [1.54, 1.807) is 0 Å². The second kappa shape index (κ2) is 7.06. The molecule has 0 aromatic heterocycles. The summed E-state index contributed by atoms with van der Waals surface area (Å²) in [6.45, 7) is 5.65. The van der Waals surface area contributed by atoms with Gasteiger partial charge in [0.15, 0.2) is 0 Å². The fourth-order valence-corrected chi connectivity index (χ4v) is 4.00. The van der Waals surface area contributed by atoms with Crippen LogP contribution in [0.25, 0.3) is 0 Å². The number of nitrogens with zero attached hydrogens (tertiary/aromatic N) is 1. The Kier molecular flexibility index (Phi) is 5.04. The molecular weight excluding hydrogens is 302 g/mol. The minimum absolute atomic E-state index is 0.0163. The molecule has 0 N–H and O–H groups in total. The first-order valence-corrected chi connectivity index (χ1v) is 9.02. The smallest absolute Gasteiger partial charge is 0.229 e. The molecule has 0 bridgehead atoms. The summed E-state index contributed by atoms with van der Waals surface area (Å²) in [4.78, 5) is 25.4. The summed E-state index contributed by atoms with van der Waals surface area (Å²) in [6, 6.07) is 10.5. The summed E-state index contributed by atoms with van der Waals surface area (Å²) in [7, 11) is 0. The van der Waals surface area contributed by atoms with Crippen LogP contribution >= 0.6 is 0 Å². The van der Waals surface area contributed by atoms with Crippen molar-refractivity contribution in [2.45, 2.75) is 57.5 Å². The molecule has 2 fully saturated rings. The number of imide groups is 1. The van der Waals surface area contributed by atoms with Gasteiger partial charge in [-0.25, -0.2) is 0 Å². The Balaban J connectivity index is 1.82. The number of likely N-dealkylation sites (tertiary alicyclic amines) is 1. The highest BCUT2D eigenvalue weighted by Crippen LogP contribution is 2.42. The van der Waals surface area contributed by atoms with Crippen molar-refractivity contribution in [2.75, 3.05) is 13.2 Å². The number of carbonyl (C=O) groups is 2. The molecule has 2 atom stereocenters. The summed E-state index contributed by atoms with van der Waals surface area (Å²) in [6.07, 6.45) is 3.68. The van der Waals surface area contributed by atoms with Crippen LogP contribution in [0.2, 0.25) is 0 Å². The lowest BCUT2D eigenvalue weighted by Gasteiger charge is -2.43. The molecule has 4 heteroatoms. The summed E-state index contributed by atoms with van der Waals surface area (Å²) in [5.41, 5.74) is 1.29. The quantitative estimate of drug-likeness (QED) is 0.779. The molecular formula is C20H27NO3. The summed E-state index contributed by atoms with van der Waals surface area (Å²) >= 11 is 0. The van der Waals surface area contributed by atoms with Gasteiger partial charge in [-0.1, -0.05) is 44.2 Å². The average Bonchev–Trinajstić information content (AvgIpc) is 2.92. The van der Waals surface area contributed by atoms with Crippen LogP contribution in [-0.4, -0.2) is 36.0 Å². The molecule has 2 saturated heterocycles. The third-order valence-electron chi connectivity index (χ3n) is 5.60. The van der Waals surface area contributed by atoms with Gasteiger partial charge in [-0.2, -0.15) is 0 Å². The topological polar surface area (TPSA) is 46.6 Å². The zero-order chi connectivity index (χ0) is 17.2. The predicted octanol–water partition coefficient (Wildman–Crippen LogP) is 3.30. The molecule has 2 amide bonds. The first kappa shape index (κ1) is 17.2. The SMILES string of the molecule is CC(C)[C@H]1C[C@@](CCN2C(=O)CCC2=O)(c2ccccc2)CCO1. The van der Waals surface area contributed by atoms with Crippen LogP contribution < -0.4 is 0 Å². The van der Waals surface area contributed by atoms with Crippen molar-refractivity contribution in [3.8, 4) is 0 Å². The molecule has 24 heavy (non-hydrogen) atoms. The minimum Gasteiger partial charge on any atom is -0.378 e. The largest absolute Gasteiger partial charge is 0.378 e. The zero-order valence-corrected chi connectivity index (χ0v) is 14.7. The van der Waals surface area contributed by atoms with Crippen molar-refractivity contribution in [3.63, 3.8) is 0 Å². The summed E-state index contributed by atoms with van der Waals surface area (Å²) in [5.74, 6) is 0.426. The molecule has 2 aliphatic rings. The number of hydrogen-bond donors (Lipinski definition) is 0. The molecule has 0 spiro atoms. The van der Waals surface area contributed by atoms with Crippen molar-refractivity contribution < 1.29 is 14.3 Å². The van der Waals surface area contributed by atoms with Crippen LogP contribution in [0.3, 0.4) is 0 Å². The fourth-order valence-electron chi connectivity index (χ4n) is 4.00. The number of amides is 2. The Bertz CT molecular complexity index is 582. The first-order chi connectivity index (χ1) is 11.5. The maximum absolute atomic E-state index is 12.0. The Morgan fingerprint density at radius 2 is 1.83 bits per heavy atom. The normalized spacial score (nSPS) is 28.0. The molecule has 2 aliphatic heterocycles. The van der Waals surface area contributed by atoms with E-state index in [4.69, 9.17) is 4.74 Å². The molecule has 0 unspecified atom stereocenters. The van der Waals surface area contributed by atoms with E-state index < -0.39 is 0 Å². The van der Waals surface area contributed by atoms with E-state index in [-0.39, 0.29) is 23.3 Å². The summed E-state index contributed by atoms with van der Waals surface area (Å²) < 4.78 is 5.98. The van der Waals surface area contributed by atoms with Crippen molar-refractivity contribution in [1.29, 1.82) is 0 Å². The number of rotatable bonds is 5. The maximum atomic E-state index is 12.0. The van der Waals surface area contributed by atoms with Crippen molar-refractivity contribution in [3.05, 3.63) is 35.9 Å². The second-order valence-electron chi connectivity index (χ2n) is 7.44. The monoisotopic (exact) mass is 329 g/mol. The molecule has 1 aromatic rings. The molecule has 2 heterocycles. The highest BCUT2D eigenvalue weighted by molar-refractivity contribution is 6.01. The Morgan fingerprint density at radius 1 is 1.17 bits per heavy atom. The van der Waals surface area contributed by atoms with Crippen LogP contribution in [0.15, 0.2) is 30.3 Å². The number of benzene rings is 1. The lowest BCUT2D eigenvalue weighted by Crippen LogP contribution is -2.43. The van der Waals surface area contributed by atoms with Gasteiger partial charge in [-0.05, 0) is 30.7 Å². The van der Waals surface area contributed by atoms with E-state index in [1.807, 2.05) is 6.07 Å². The Morgan fingerprint density at radius 3 is 2.46 bits per heavy atom. The third kappa shape index (κ3) is 3.39. The highest BCUT2D eigenvalue weighted by atomic mass is 16.5. The lowest BCUT2D eigenvalue weighted by atomic mass is 9.68. The van der Waals surface area contributed by atoms with Crippen LogP contribution in [0.5, 0.6) is 0 Å². The average molecular weight is 329 g/mol. The Hall–Kier alpha value is -1.68. The molecule has 130 valence electrons. The molecule has 3 rings (SSSR count). The van der Waals surface area contributed by atoms with Crippen molar-refractivity contribution in [1.82, 2.24) is 4.90 Å². The van der Waals surface area contributed by atoms with E-state index in [1.165, 1.54) is 10.5 Å². The van der Waals surface area contributed by atoms with E-state index >= 15 is 0 Å². The van der Waals surface area contributed by atoms with Gasteiger partial charge >= 0.3 is 0 Å². The van der Waals surface area contributed by atoms with E-state index in [2.05, 4.69) is 38.1 Å². The van der Waals surface area contributed by atoms with Crippen molar-refractivity contribution in [2.24, 2.45) is 5.92 Å². The molecule has 0 aliphatic carbocycles. The van der Waals surface area contributed by atoms with Gasteiger partial charge in [0.05, 0.1) is 6.10 Å². The van der Waals surface area contributed by atoms with Crippen LogP contribution in [0, 0.1) is 5.92 Å². The highest BCUT2D eigenvalue weighted by Gasteiger charge is 2.40. The number of hydrogen-bond acceptors (Lipinski definition) is 3. The molecule has 1 aromatic carbocycles. The minimum atomic E-state index is -0.0179. The van der Waals surface area contributed by atoms with Crippen LogP contribution in [0.1, 0.15) is 51.5 Å². The number of carbonyl (C=O) groups excluding carboxylic acids is 2. The second-order valence-corrected chi connectivity index (χ2v) is 7.44. The lowest BCUT2D eigenvalue weighted by molar-refractivity contribution is -0.138. The van der Waals surface area contributed by atoms with Gasteiger partial charge in [0.2, 0.25) is 11.8 Å². The van der Waals surface area contributed by atoms with E-state index in [0.717, 1.165) is 25.9 Å². The zero-order valence-electron chi connectivity index (χ0n) is 14.7. The predicted molar refractivity (Wildman–Crippen MR) is 92.5 cm³/mol. The number of ether oxygens (including phenoxy) is 1. The van der Waals surface area contributed by atoms with Gasteiger partial charge in [-0.15, -0.1) is 0 Å². The van der Waals surface area contributed by atoms with E-state index in [0.29, 0.717) is 25.3 Å². The van der Waals surface area contributed by atoms with Gasteiger partial charge in [0, 0.05) is 31.4 Å². The molecule has 4 nitrogen and oxygen atoms in total. The van der Waals surface area contributed by atoms with Gasteiger partial charge < -0.3 is 4.74 Å². The van der Waals surface area contributed by atoms with E-state index in [9.17, 15) is 9.59 Å². The van der Waals surface area contributed by atoms with Crippen LogP contribution in [-0.2, 0) is 19.7 Å². The fraction of sp³-hybridized carbons (Fsp3) is 0.600. The molecule has 0 radical (unpaired) electrons. The van der Waals surface area contributed by atoms with Crippen molar-refractivity contribution >= 4 is 11.8 Å². The molecule has 0 saturated carbocycles. The van der Waals surface area contributed by atoms with Crippen LogP contribution in [0.4, 0.5) is 0 Å². The van der Waals surface area contributed by atoms with Gasteiger partial charge in [0.25, 0.3) is 0 Å². The maximum Gasteiger partial charge on any atom is 0.229 e. The summed E-state index contributed by atoms with van der Waals surface area (Å²) in [5, 5.41) is 0. The van der Waals surface area contributed by atoms with Gasteiger partial charge in [-0.3, -0.25) is 14.5 Å².